The highest BCUT2D eigenvalue weighted by molar-refractivity contribution is 5.95. The topological polar surface area (TPSA) is 149 Å². The smallest absolute Gasteiger partial charge is 0.326 e. The van der Waals surface area contributed by atoms with Gasteiger partial charge in [-0.2, -0.15) is 0 Å². The number of carbonyl (C=O) groups excluding carboxylic acids is 2. The number of nitrogens with one attached hydrogen (secondary N) is 1. The first-order valence-electron chi connectivity index (χ1n) is 8.68. The minimum atomic E-state index is -1.49. The summed E-state index contributed by atoms with van der Waals surface area (Å²) in [7, 11) is 0. The number of hydrogen-bond acceptors (Lipinski definition) is 7. The van der Waals surface area contributed by atoms with E-state index < -0.39 is 34.7 Å². The summed E-state index contributed by atoms with van der Waals surface area (Å²) in [4.78, 5) is 50.5. The molecule has 0 saturated heterocycles. The molecule has 0 spiro atoms. The third-order valence-electron chi connectivity index (χ3n) is 4.08. The molecule has 1 heterocycles. The van der Waals surface area contributed by atoms with E-state index in [0.29, 0.717) is 5.56 Å². The third-order valence-corrected chi connectivity index (χ3v) is 4.08. The number of benzene rings is 1. The first-order chi connectivity index (χ1) is 13.8. The van der Waals surface area contributed by atoms with Crippen LogP contribution in [0.3, 0.4) is 0 Å². The summed E-state index contributed by atoms with van der Waals surface area (Å²) in [6.45, 7) is 1.71. The maximum Gasteiger partial charge on any atom is 0.326 e. The lowest BCUT2D eigenvalue weighted by Crippen LogP contribution is -2.45. The third kappa shape index (κ3) is 5.83. The van der Waals surface area contributed by atoms with Crippen LogP contribution in [0.15, 0.2) is 48.7 Å². The number of aliphatic carboxylic acids is 1. The number of aromatic nitrogens is 1. The first kappa shape index (κ1) is 21.5. The van der Waals surface area contributed by atoms with Gasteiger partial charge in [0, 0.05) is 24.2 Å². The van der Waals surface area contributed by atoms with E-state index >= 15 is 0 Å². The molecule has 2 rings (SSSR count). The standard InChI is InChI=1S/C19H19N3O7/c1-2-29-16(23)11-14(12-6-8-13(9-7-12)22(27)28)17(19(25)26)21-18(24)15-5-3-4-10-20-15/h3-10,14,17H,2,11H2,1H3,(H,21,24)(H,25,26)/t14-,17-/m0/s1. The minimum absolute atomic E-state index is 0.0114. The molecule has 10 nitrogen and oxygen atoms in total. The Labute approximate surface area is 165 Å². The molecule has 1 aromatic heterocycles. The summed E-state index contributed by atoms with van der Waals surface area (Å²) in [5.74, 6) is -3.77. The summed E-state index contributed by atoms with van der Waals surface area (Å²) in [6.07, 6.45) is 1.04. The molecule has 0 aliphatic heterocycles. The van der Waals surface area contributed by atoms with Crippen molar-refractivity contribution in [3.8, 4) is 0 Å². The van der Waals surface area contributed by atoms with E-state index in [2.05, 4.69) is 10.3 Å². The molecule has 0 aliphatic rings. The molecule has 152 valence electrons. The maximum absolute atomic E-state index is 12.4. The van der Waals surface area contributed by atoms with Crippen molar-refractivity contribution in [3.63, 3.8) is 0 Å². The van der Waals surface area contributed by atoms with Crippen molar-refractivity contribution in [1.29, 1.82) is 0 Å². The number of esters is 1. The lowest BCUT2D eigenvalue weighted by atomic mass is 9.88. The summed E-state index contributed by atoms with van der Waals surface area (Å²) in [6, 6.07) is 8.21. The van der Waals surface area contributed by atoms with Gasteiger partial charge in [-0.3, -0.25) is 24.7 Å². The molecule has 2 atom stereocenters. The lowest BCUT2D eigenvalue weighted by Gasteiger charge is -2.24. The number of pyridine rings is 1. The average molecular weight is 401 g/mol. The molecule has 29 heavy (non-hydrogen) atoms. The normalized spacial score (nSPS) is 12.4. The van der Waals surface area contributed by atoms with Crippen molar-refractivity contribution in [3.05, 3.63) is 70.0 Å². The molecule has 0 saturated carbocycles. The highest BCUT2D eigenvalue weighted by Gasteiger charge is 2.34. The Bertz CT molecular complexity index is 884. The number of nitrogens with zero attached hydrogens (tertiary/aromatic N) is 2. The molecule has 2 aromatic rings. The predicted octanol–water partition coefficient (Wildman–Crippen LogP) is 1.91. The van der Waals surface area contributed by atoms with E-state index in [0.717, 1.165) is 0 Å². The van der Waals surface area contributed by atoms with Crippen molar-refractivity contribution < 1.29 is 29.2 Å². The molecule has 10 heteroatoms. The second-order valence-electron chi connectivity index (χ2n) is 5.97. The quantitative estimate of drug-likeness (QED) is 0.368. The van der Waals surface area contributed by atoms with Gasteiger partial charge in [0.2, 0.25) is 0 Å². The Balaban J connectivity index is 2.36. The van der Waals surface area contributed by atoms with Crippen LogP contribution in [0, 0.1) is 10.1 Å². The second-order valence-corrected chi connectivity index (χ2v) is 5.97. The number of ether oxygens (including phenoxy) is 1. The average Bonchev–Trinajstić information content (AvgIpc) is 2.71. The Morgan fingerprint density at radius 2 is 1.90 bits per heavy atom. The van der Waals surface area contributed by atoms with Crippen LogP contribution in [0.1, 0.15) is 35.3 Å². The lowest BCUT2D eigenvalue weighted by molar-refractivity contribution is -0.384. The van der Waals surface area contributed by atoms with Gasteiger partial charge in [-0.05, 0) is 24.6 Å². The van der Waals surface area contributed by atoms with E-state index in [9.17, 15) is 29.6 Å². The van der Waals surface area contributed by atoms with Gasteiger partial charge in [-0.1, -0.05) is 18.2 Å². The fourth-order valence-corrected chi connectivity index (χ4v) is 2.72. The number of nitro benzene ring substituents is 1. The van der Waals surface area contributed by atoms with Gasteiger partial charge in [-0.15, -0.1) is 0 Å². The number of carboxylic acids is 1. The number of non-ortho nitro benzene ring substituents is 1. The molecule has 0 unspecified atom stereocenters. The zero-order chi connectivity index (χ0) is 21.4. The minimum Gasteiger partial charge on any atom is -0.480 e. The Morgan fingerprint density at radius 1 is 1.21 bits per heavy atom. The first-order valence-corrected chi connectivity index (χ1v) is 8.68. The molecule has 1 aromatic carbocycles. The van der Waals surface area contributed by atoms with Gasteiger partial charge >= 0.3 is 11.9 Å². The van der Waals surface area contributed by atoms with Crippen LogP contribution >= 0.6 is 0 Å². The molecular weight excluding hydrogens is 382 g/mol. The van der Waals surface area contributed by atoms with Crippen molar-refractivity contribution in [2.24, 2.45) is 0 Å². The monoisotopic (exact) mass is 401 g/mol. The fourth-order valence-electron chi connectivity index (χ4n) is 2.72. The van der Waals surface area contributed by atoms with Gasteiger partial charge in [0.1, 0.15) is 11.7 Å². The van der Waals surface area contributed by atoms with Crippen LogP contribution in [-0.2, 0) is 14.3 Å². The summed E-state index contributed by atoms with van der Waals surface area (Å²) >= 11 is 0. The van der Waals surface area contributed by atoms with E-state index in [1.165, 1.54) is 36.5 Å². The summed E-state index contributed by atoms with van der Waals surface area (Å²) < 4.78 is 4.91. The highest BCUT2D eigenvalue weighted by atomic mass is 16.6. The van der Waals surface area contributed by atoms with E-state index in [1.807, 2.05) is 0 Å². The molecule has 0 bridgehead atoms. The molecule has 1 amide bonds. The fraction of sp³-hybridized carbons (Fsp3) is 0.263. The van der Waals surface area contributed by atoms with Gasteiger partial charge in [0.25, 0.3) is 11.6 Å². The summed E-state index contributed by atoms with van der Waals surface area (Å²) in [5.41, 5.74) is 0.155. The Hall–Kier alpha value is -3.82. The van der Waals surface area contributed by atoms with Crippen molar-refractivity contribution in [1.82, 2.24) is 10.3 Å². The SMILES string of the molecule is CCOC(=O)C[C@@H](c1ccc([N+](=O)[O-])cc1)[C@H](NC(=O)c1ccccn1)C(=O)O. The maximum atomic E-state index is 12.4. The molecule has 2 N–H and O–H groups in total. The van der Waals surface area contributed by atoms with Crippen LogP contribution in [0.5, 0.6) is 0 Å². The van der Waals surface area contributed by atoms with Crippen LogP contribution in [0.2, 0.25) is 0 Å². The van der Waals surface area contributed by atoms with Gasteiger partial charge < -0.3 is 15.2 Å². The van der Waals surface area contributed by atoms with Gasteiger partial charge in [-0.25, -0.2) is 4.79 Å². The number of carboxylic acid groups (broad SMARTS) is 1. The highest BCUT2D eigenvalue weighted by Crippen LogP contribution is 2.27. The molecule has 0 fully saturated rings. The number of rotatable bonds is 9. The number of hydrogen-bond donors (Lipinski definition) is 2. The number of amides is 1. The molecule has 0 radical (unpaired) electrons. The second kappa shape index (κ2) is 9.93. The number of nitro groups is 1. The van der Waals surface area contributed by atoms with E-state index in [4.69, 9.17) is 4.74 Å². The predicted molar refractivity (Wildman–Crippen MR) is 100 cm³/mol. The van der Waals surface area contributed by atoms with Crippen LogP contribution in [0.25, 0.3) is 0 Å². The molecule has 0 aliphatic carbocycles. The molecular formula is C19H19N3O7. The van der Waals surface area contributed by atoms with E-state index in [1.54, 1.807) is 19.1 Å². The van der Waals surface area contributed by atoms with Crippen LogP contribution < -0.4 is 5.32 Å². The zero-order valence-corrected chi connectivity index (χ0v) is 15.5. The van der Waals surface area contributed by atoms with Crippen molar-refractivity contribution >= 4 is 23.5 Å². The van der Waals surface area contributed by atoms with E-state index in [-0.39, 0.29) is 24.4 Å². The number of carbonyl (C=O) groups is 3. The Kier molecular flexibility index (Phi) is 7.35. The summed E-state index contributed by atoms with van der Waals surface area (Å²) in [5, 5.41) is 22.9. The largest absolute Gasteiger partial charge is 0.480 e. The zero-order valence-electron chi connectivity index (χ0n) is 15.5. The Morgan fingerprint density at radius 3 is 2.41 bits per heavy atom. The van der Waals surface area contributed by atoms with Gasteiger partial charge in [0.15, 0.2) is 0 Å². The van der Waals surface area contributed by atoms with Crippen molar-refractivity contribution in [2.75, 3.05) is 6.61 Å². The van der Waals surface area contributed by atoms with Gasteiger partial charge in [0.05, 0.1) is 18.0 Å². The van der Waals surface area contributed by atoms with Crippen molar-refractivity contribution in [2.45, 2.75) is 25.3 Å². The van der Waals surface area contributed by atoms with Crippen LogP contribution in [-0.4, -0.2) is 45.5 Å². The van der Waals surface area contributed by atoms with Crippen LogP contribution in [0.4, 0.5) is 5.69 Å².